The highest BCUT2D eigenvalue weighted by Gasteiger charge is 2.44. The first kappa shape index (κ1) is 18.2. The third-order valence-electron chi connectivity index (χ3n) is 5.17. The minimum Gasteiger partial charge on any atom is -0.450 e. The normalized spacial score (nSPS) is 15.6. The zero-order valence-corrected chi connectivity index (χ0v) is 15.7. The third kappa shape index (κ3) is 2.70. The summed E-state index contributed by atoms with van der Waals surface area (Å²) < 4.78 is 33.1. The van der Waals surface area contributed by atoms with Gasteiger partial charge in [-0.2, -0.15) is 0 Å². The Labute approximate surface area is 169 Å². The number of hydrogen-bond acceptors (Lipinski definition) is 4. The van der Waals surface area contributed by atoms with Crippen LogP contribution >= 0.6 is 0 Å². The van der Waals surface area contributed by atoms with E-state index in [0.717, 1.165) is 17.7 Å². The Morgan fingerprint density at radius 2 is 1.70 bits per heavy atom. The second kappa shape index (κ2) is 6.59. The molecule has 0 spiro atoms. The Hall–Kier alpha value is -3.87. The molecule has 1 atom stereocenters. The SMILES string of the molecule is Cc1ccnc(N2C(=O)c3oc4ccc(F)cc4c(=O)c3C2c2ccc(F)cc2)c1. The van der Waals surface area contributed by atoms with Gasteiger partial charge in [0.1, 0.15) is 23.0 Å². The molecule has 30 heavy (non-hydrogen) atoms. The number of fused-ring (bicyclic) bond motifs is 2. The van der Waals surface area contributed by atoms with Crippen LogP contribution in [-0.4, -0.2) is 10.9 Å². The fourth-order valence-electron chi connectivity index (χ4n) is 3.79. The van der Waals surface area contributed by atoms with Gasteiger partial charge in [0.2, 0.25) is 5.76 Å². The van der Waals surface area contributed by atoms with E-state index in [2.05, 4.69) is 4.98 Å². The van der Waals surface area contributed by atoms with E-state index in [1.807, 2.05) is 6.92 Å². The predicted molar refractivity (Wildman–Crippen MR) is 106 cm³/mol. The van der Waals surface area contributed by atoms with Crippen LogP contribution in [0.4, 0.5) is 14.6 Å². The Kier molecular flexibility index (Phi) is 3.99. The second-order valence-corrected chi connectivity index (χ2v) is 7.14. The van der Waals surface area contributed by atoms with Gasteiger partial charge < -0.3 is 4.42 Å². The summed E-state index contributed by atoms with van der Waals surface area (Å²) in [6.07, 6.45) is 1.56. The maximum Gasteiger partial charge on any atom is 0.296 e. The molecule has 0 aliphatic carbocycles. The number of carbonyl (C=O) groups is 1. The van der Waals surface area contributed by atoms with Gasteiger partial charge in [-0.1, -0.05) is 12.1 Å². The van der Waals surface area contributed by atoms with Crippen molar-refractivity contribution in [1.82, 2.24) is 4.98 Å². The average Bonchev–Trinajstić information content (AvgIpc) is 3.02. The maximum atomic E-state index is 13.8. The predicted octanol–water partition coefficient (Wildman–Crippen LogP) is 4.52. The van der Waals surface area contributed by atoms with Crippen molar-refractivity contribution in [2.75, 3.05) is 4.90 Å². The van der Waals surface area contributed by atoms with E-state index in [9.17, 15) is 18.4 Å². The molecule has 0 saturated carbocycles. The summed E-state index contributed by atoms with van der Waals surface area (Å²) >= 11 is 0. The first-order valence-electron chi connectivity index (χ1n) is 9.22. The summed E-state index contributed by atoms with van der Waals surface area (Å²) in [5, 5.41) is 0.0349. The molecular weight excluding hydrogens is 390 g/mol. The zero-order valence-electron chi connectivity index (χ0n) is 15.7. The fraction of sp³-hybridized carbons (Fsp3) is 0.0870. The largest absolute Gasteiger partial charge is 0.450 e. The summed E-state index contributed by atoms with van der Waals surface area (Å²) in [5.41, 5.74) is 1.06. The van der Waals surface area contributed by atoms with Gasteiger partial charge >= 0.3 is 0 Å². The van der Waals surface area contributed by atoms with Gasteiger partial charge in [0.05, 0.1) is 17.0 Å². The van der Waals surface area contributed by atoms with Crippen molar-refractivity contribution in [2.24, 2.45) is 0 Å². The zero-order chi connectivity index (χ0) is 21.0. The van der Waals surface area contributed by atoms with Crippen LogP contribution in [0.1, 0.15) is 33.3 Å². The Bertz CT molecular complexity index is 1380. The summed E-state index contributed by atoms with van der Waals surface area (Å²) in [6, 6.07) is 11.7. The van der Waals surface area contributed by atoms with Gasteiger partial charge in [-0.25, -0.2) is 13.8 Å². The summed E-state index contributed by atoms with van der Waals surface area (Å²) in [7, 11) is 0. The first-order chi connectivity index (χ1) is 14.4. The number of aromatic nitrogens is 1. The number of amides is 1. The van der Waals surface area contributed by atoms with Crippen LogP contribution in [0.2, 0.25) is 0 Å². The summed E-state index contributed by atoms with van der Waals surface area (Å²) in [4.78, 5) is 32.3. The molecule has 0 radical (unpaired) electrons. The molecule has 5 rings (SSSR count). The van der Waals surface area contributed by atoms with Crippen molar-refractivity contribution in [3.8, 4) is 0 Å². The lowest BCUT2D eigenvalue weighted by atomic mass is 9.98. The molecule has 3 heterocycles. The van der Waals surface area contributed by atoms with Crippen LogP contribution in [0.5, 0.6) is 0 Å². The highest BCUT2D eigenvalue weighted by molar-refractivity contribution is 6.10. The molecule has 1 aliphatic heterocycles. The van der Waals surface area contributed by atoms with Crippen molar-refractivity contribution in [3.63, 3.8) is 0 Å². The molecule has 0 saturated heterocycles. The summed E-state index contributed by atoms with van der Waals surface area (Å²) in [5.74, 6) is -1.38. The molecule has 2 aromatic heterocycles. The quantitative estimate of drug-likeness (QED) is 0.493. The standard InChI is InChI=1S/C23H14F2N2O3/c1-12-8-9-26-18(10-12)27-20(13-2-4-14(24)5-3-13)19-21(28)16-11-15(25)6-7-17(16)30-22(19)23(27)29/h2-11,20H,1H3. The number of benzene rings is 2. The Balaban J connectivity index is 1.83. The smallest absolute Gasteiger partial charge is 0.296 e. The molecule has 2 aromatic carbocycles. The van der Waals surface area contributed by atoms with Crippen molar-refractivity contribution in [3.05, 3.63) is 105 Å². The molecule has 7 heteroatoms. The van der Waals surface area contributed by atoms with E-state index in [-0.39, 0.29) is 22.3 Å². The van der Waals surface area contributed by atoms with E-state index in [1.165, 1.54) is 35.2 Å². The lowest BCUT2D eigenvalue weighted by Crippen LogP contribution is -2.30. The molecule has 0 N–H and O–H groups in total. The second-order valence-electron chi connectivity index (χ2n) is 7.14. The highest BCUT2D eigenvalue weighted by atomic mass is 19.1. The first-order valence-corrected chi connectivity index (χ1v) is 9.22. The average molecular weight is 404 g/mol. The van der Waals surface area contributed by atoms with Crippen LogP contribution in [0, 0.1) is 18.6 Å². The monoisotopic (exact) mass is 404 g/mol. The number of carbonyl (C=O) groups excluding carboxylic acids is 1. The Morgan fingerprint density at radius 1 is 0.967 bits per heavy atom. The third-order valence-corrected chi connectivity index (χ3v) is 5.17. The molecule has 1 unspecified atom stereocenters. The molecule has 5 nitrogen and oxygen atoms in total. The van der Waals surface area contributed by atoms with Gasteiger partial charge in [0.25, 0.3) is 5.91 Å². The highest BCUT2D eigenvalue weighted by Crippen LogP contribution is 2.40. The van der Waals surface area contributed by atoms with Crippen LogP contribution in [0.3, 0.4) is 0 Å². The number of hydrogen-bond donors (Lipinski definition) is 0. The van der Waals surface area contributed by atoms with E-state index in [0.29, 0.717) is 11.4 Å². The number of nitrogens with zero attached hydrogens (tertiary/aromatic N) is 2. The summed E-state index contributed by atoms with van der Waals surface area (Å²) in [6.45, 7) is 1.85. The van der Waals surface area contributed by atoms with E-state index >= 15 is 0 Å². The molecular formula is C23H14F2N2O3. The van der Waals surface area contributed by atoms with Gasteiger partial charge in [-0.05, 0) is 60.5 Å². The van der Waals surface area contributed by atoms with Crippen molar-refractivity contribution < 1.29 is 18.0 Å². The molecule has 4 aromatic rings. The van der Waals surface area contributed by atoms with Gasteiger partial charge in [0, 0.05) is 6.20 Å². The van der Waals surface area contributed by atoms with Gasteiger partial charge in [0.15, 0.2) is 5.43 Å². The van der Waals surface area contributed by atoms with Crippen LogP contribution in [-0.2, 0) is 0 Å². The van der Waals surface area contributed by atoms with E-state index in [4.69, 9.17) is 4.42 Å². The molecule has 0 bridgehead atoms. The van der Waals surface area contributed by atoms with Crippen molar-refractivity contribution in [1.29, 1.82) is 0 Å². The minimum atomic E-state index is -0.883. The fourth-order valence-corrected chi connectivity index (χ4v) is 3.79. The van der Waals surface area contributed by atoms with E-state index in [1.54, 1.807) is 18.3 Å². The van der Waals surface area contributed by atoms with Gasteiger partial charge in [-0.3, -0.25) is 14.5 Å². The lowest BCUT2D eigenvalue weighted by molar-refractivity contribution is 0.0970. The topological polar surface area (TPSA) is 63.4 Å². The van der Waals surface area contributed by atoms with Crippen molar-refractivity contribution in [2.45, 2.75) is 13.0 Å². The Morgan fingerprint density at radius 3 is 2.43 bits per heavy atom. The molecule has 1 amide bonds. The molecule has 148 valence electrons. The minimum absolute atomic E-state index is 0.0349. The van der Waals surface area contributed by atoms with Crippen LogP contribution in [0.25, 0.3) is 11.0 Å². The molecule has 0 fully saturated rings. The molecule has 1 aliphatic rings. The number of anilines is 1. The number of rotatable bonds is 2. The number of aryl methyl sites for hydroxylation is 1. The maximum absolute atomic E-state index is 13.8. The van der Waals surface area contributed by atoms with Crippen molar-refractivity contribution >= 4 is 22.7 Å². The van der Waals surface area contributed by atoms with Crippen LogP contribution < -0.4 is 10.3 Å². The van der Waals surface area contributed by atoms with Gasteiger partial charge in [-0.15, -0.1) is 0 Å². The lowest BCUT2D eigenvalue weighted by Gasteiger charge is -2.24. The number of halogens is 2. The van der Waals surface area contributed by atoms with E-state index < -0.39 is 29.0 Å². The number of pyridine rings is 1. The van der Waals surface area contributed by atoms with Crippen LogP contribution in [0.15, 0.2) is 70.0 Å².